The van der Waals surface area contributed by atoms with E-state index in [9.17, 15) is 0 Å². The molecule has 0 saturated heterocycles. The molecule has 2 aliphatic rings. The molecule has 6 nitrogen and oxygen atoms in total. The first kappa shape index (κ1) is 16.9. The Bertz CT molecular complexity index is 1050. The summed E-state index contributed by atoms with van der Waals surface area (Å²) in [5, 5.41) is 0. The number of anilines is 1. The fourth-order valence-corrected chi connectivity index (χ4v) is 4.53. The molecular weight excluding hydrogens is 348 g/mol. The van der Waals surface area contributed by atoms with Gasteiger partial charge in [-0.05, 0) is 61.6 Å². The van der Waals surface area contributed by atoms with E-state index in [2.05, 4.69) is 69.2 Å². The molecule has 0 radical (unpaired) electrons. The van der Waals surface area contributed by atoms with Crippen molar-refractivity contribution < 1.29 is 0 Å². The third kappa shape index (κ3) is 2.72. The lowest BCUT2D eigenvalue weighted by atomic mass is 9.87. The van der Waals surface area contributed by atoms with Crippen molar-refractivity contribution in [3.8, 4) is 11.1 Å². The van der Waals surface area contributed by atoms with Crippen molar-refractivity contribution in [1.82, 2.24) is 4.40 Å². The van der Waals surface area contributed by atoms with E-state index >= 15 is 0 Å². The van der Waals surface area contributed by atoms with Gasteiger partial charge in [-0.25, -0.2) is 4.99 Å². The third-order valence-electron chi connectivity index (χ3n) is 5.79. The number of aliphatic imine (C=N–C) groups is 2. The maximum Gasteiger partial charge on any atom is 0.220 e. The summed E-state index contributed by atoms with van der Waals surface area (Å²) in [7, 11) is 0. The minimum Gasteiger partial charge on any atom is -0.369 e. The average Bonchev–Trinajstić information content (AvgIpc) is 3.12. The molecule has 142 valence electrons. The number of hydrogen-bond donors (Lipinski definition) is 2. The van der Waals surface area contributed by atoms with Gasteiger partial charge in [-0.15, -0.1) is 0 Å². The highest BCUT2D eigenvalue weighted by Gasteiger charge is 2.42. The summed E-state index contributed by atoms with van der Waals surface area (Å²) >= 11 is 0. The number of pyridine rings is 1. The summed E-state index contributed by atoms with van der Waals surface area (Å²) in [5.41, 5.74) is 16.4. The van der Waals surface area contributed by atoms with Crippen molar-refractivity contribution in [3.63, 3.8) is 0 Å². The third-order valence-corrected chi connectivity index (χ3v) is 5.79. The van der Waals surface area contributed by atoms with E-state index < -0.39 is 5.66 Å². The highest BCUT2D eigenvalue weighted by atomic mass is 15.4. The van der Waals surface area contributed by atoms with Gasteiger partial charge >= 0.3 is 0 Å². The lowest BCUT2D eigenvalue weighted by Crippen LogP contribution is -2.58. The summed E-state index contributed by atoms with van der Waals surface area (Å²) in [5.74, 6) is 0.707. The van der Waals surface area contributed by atoms with Gasteiger partial charge in [0.05, 0.1) is 0 Å². The Morgan fingerprint density at radius 2 is 1.75 bits per heavy atom. The maximum absolute atomic E-state index is 6.37. The van der Waals surface area contributed by atoms with Gasteiger partial charge in [0.25, 0.3) is 0 Å². The van der Waals surface area contributed by atoms with E-state index in [1.807, 2.05) is 6.07 Å². The Balaban J connectivity index is 1.59. The minimum absolute atomic E-state index is 0.283. The number of nitrogens with zero attached hydrogens (tertiary/aromatic N) is 4. The normalized spacial score (nSPS) is 18.9. The van der Waals surface area contributed by atoms with Gasteiger partial charge < -0.3 is 15.9 Å². The van der Waals surface area contributed by atoms with Gasteiger partial charge in [-0.3, -0.25) is 4.90 Å². The molecule has 6 heteroatoms. The van der Waals surface area contributed by atoms with Crippen LogP contribution in [-0.2, 0) is 0 Å². The van der Waals surface area contributed by atoms with Gasteiger partial charge in [0.1, 0.15) is 5.66 Å². The van der Waals surface area contributed by atoms with Crippen LogP contribution in [0.1, 0.15) is 32.1 Å². The number of guanidine groups is 2. The molecule has 1 aliphatic heterocycles. The Kier molecular flexibility index (Phi) is 3.86. The summed E-state index contributed by atoms with van der Waals surface area (Å²) in [6, 6.07) is 16.8. The maximum atomic E-state index is 6.37. The lowest BCUT2D eigenvalue weighted by molar-refractivity contribution is 0.305. The van der Waals surface area contributed by atoms with Crippen LogP contribution in [0.25, 0.3) is 16.6 Å². The van der Waals surface area contributed by atoms with Crippen molar-refractivity contribution >= 4 is 23.1 Å². The fraction of sp³-hybridized carbons (Fsp3) is 0.273. The molecule has 2 aromatic heterocycles. The molecule has 1 aliphatic carbocycles. The second-order valence-electron chi connectivity index (χ2n) is 7.63. The zero-order valence-electron chi connectivity index (χ0n) is 15.8. The molecule has 1 spiro atoms. The van der Waals surface area contributed by atoms with Crippen molar-refractivity contribution in [2.75, 3.05) is 4.90 Å². The minimum atomic E-state index is -0.418. The summed E-state index contributed by atoms with van der Waals surface area (Å²) in [6.07, 6.45) is 9.53. The van der Waals surface area contributed by atoms with Crippen LogP contribution in [0.3, 0.4) is 0 Å². The second kappa shape index (κ2) is 6.41. The lowest BCUT2D eigenvalue weighted by Gasteiger charge is -2.45. The average molecular weight is 372 g/mol. The number of fused-ring (bicyclic) bond motifs is 1. The van der Waals surface area contributed by atoms with E-state index in [1.165, 1.54) is 17.5 Å². The van der Waals surface area contributed by atoms with E-state index in [0.29, 0.717) is 5.96 Å². The van der Waals surface area contributed by atoms with Gasteiger partial charge in [0.2, 0.25) is 11.9 Å². The zero-order chi connectivity index (χ0) is 19.1. The van der Waals surface area contributed by atoms with Crippen molar-refractivity contribution in [2.45, 2.75) is 37.8 Å². The van der Waals surface area contributed by atoms with Gasteiger partial charge in [-0.2, -0.15) is 4.99 Å². The molecule has 28 heavy (non-hydrogen) atoms. The number of rotatable bonds is 2. The van der Waals surface area contributed by atoms with Crippen LogP contribution >= 0.6 is 0 Å². The number of benzene rings is 1. The van der Waals surface area contributed by atoms with E-state index in [0.717, 1.165) is 36.9 Å². The molecule has 0 unspecified atom stereocenters. The van der Waals surface area contributed by atoms with Crippen molar-refractivity contribution in [2.24, 2.45) is 21.5 Å². The van der Waals surface area contributed by atoms with Crippen LogP contribution in [0.2, 0.25) is 0 Å². The molecule has 0 bridgehead atoms. The highest BCUT2D eigenvalue weighted by molar-refractivity contribution is 6.05. The standard InChI is InChI=1S/C22H24N6/c23-20-25-21(24)28(22(26-20)10-3-1-4-11-22)19-9-6-7-16(13-19)17-14-18-8-2-5-12-27(18)15-17/h2,5-9,12-15H,1,3-4,10-11H2,(H4,23,24,25,26). The topological polar surface area (TPSA) is 84.4 Å². The summed E-state index contributed by atoms with van der Waals surface area (Å²) in [4.78, 5) is 11.1. The van der Waals surface area contributed by atoms with E-state index in [-0.39, 0.29) is 5.96 Å². The summed E-state index contributed by atoms with van der Waals surface area (Å²) in [6.45, 7) is 0. The first-order valence-electron chi connectivity index (χ1n) is 9.82. The number of aromatic nitrogens is 1. The molecule has 1 fully saturated rings. The first-order chi connectivity index (χ1) is 13.6. The molecule has 3 heterocycles. The molecular formula is C22H24N6. The smallest absolute Gasteiger partial charge is 0.220 e. The number of hydrogen-bond acceptors (Lipinski definition) is 5. The zero-order valence-corrected chi connectivity index (χ0v) is 15.8. The van der Waals surface area contributed by atoms with Gasteiger partial charge in [-0.1, -0.05) is 24.6 Å². The van der Waals surface area contributed by atoms with Gasteiger partial charge in [0, 0.05) is 29.2 Å². The fourth-order valence-electron chi connectivity index (χ4n) is 4.53. The Morgan fingerprint density at radius 1 is 0.893 bits per heavy atom. The highest BCUT2D eigenvalue weighted by Crippen LogP contribution is 2.40. The van der Waals surface area contributed by atoms with Crippen LogP contribution < -0.4 is 16.4 Å². The molecule has 0 amide bonds. The molecule has 1 saturated carbocycles. The van der Waals surface area contributed by atoms with E-state index in [4.69, 9.17) is 16.5 Å². The molecule has 4 N–H and O–H groups in total. The molecule has 0 atom stereocenters. The first-order valence-corrected chi connectivity index (χ1v) is 9.82. The molecule has 3 aromatic rings. The van der Waals surface area contributed by atoms with Crippen molar-refractivity contribution in [1.29, 1.82) is 0 Å². The monoisotopic (exact) mass is 372 g/mol. The van der Waals surface area contributed by atoms with Crippen LogP contribution in [0.15, 0.2) is 70.9 Å². The molecule has 1 aromatic carbocycles. The second-order valence-corrected chi connectivity index (χ2v) is 7.63. The van der Waals surface area contributed by atoms with Crippen LogP contribution in [-0.4, -0.2) is 22.0 Å². The number of nitrogens with two attached hydrogens (primary N) is 2. The van der Waals surface area contributed by atoms with Gasteiger partial charge in [0.15, 0.2) is 0 Å². The predicted octanol–water partition coefficient (Wildman–Crippen LogP) is 3.72. The van der Waals surface area contributed by atoms with Crippen LogP contribution in [0.4, 0.5) is 5.69 Å². The van der Waals surface area contributed by atoms with Crippen LogP contribution in [0, 0.1) is 0 Å². The largest absolute Gasteiger partial charge is 0.369 e. The Morgan fingerprint density at radius 3 is 2.57 bits per heavy atom. The van der Waals surface area contributed by atoms with Crippen LogP contribution in [0.5, 0.6) is 0 Å². The SMILES string of the molecule is NC1=NC2(CCCCC2)N(c2cccc(-c3cc4ccccn4c3)c2)C(N)=N1. The Labute approximate surface area is 164 Å². The summed E-state index contributed by atoms with van der Waals surface area (Å²) < 4.78 is 2.13. The van der Waals surface area contributed by atoms with E-state index in [1.54, 1.807) is 0 Å². The Hall–Kier alpha value is -3.28. The molecule has 5 rings (SSSR count). The predicted molar refractivity (Wildman–Crippen MR) is 114 cm³/mol. The quantitative estimate of drug-likeness (QED) is 0.719. The van der Waals surface area contributed by atoms with Crippen molar-refractivity contribution in [3.05, 3.63) is 60.9 Å².